The van der Waals surface area contributed by atoms with Gasteiger partial charge in [-0.25, -0.2) is 14.4 Å². The molecule has 1 aromatic heterocycles. The fourth-order valence-electron chi connectivity index (χ4n) is 3.19. The van der Waals surface area contributed by atoms with E-state index in [4.69, 9.17) is 0 Å². The van der Waals surface area contributed by atoms with Gasteiger partial charge in [-0.05, 0) is 49.8 Å². The van der Waals surface area contributed by atoms with Crippen LogP contribution in [-0.4, -0.2) is 21.2 Å². The monoisotopic (exact) mass is 402 g/mol. The Morgan fingerprint density at radius 1 is 1.07 bits per heavy atom. The molecule has 0 aliphatic heterocycles. The van der Waals surface area contributed by atoms with Gasteiger partial charge in [-0.2, -0.15) is 0 Å². The molecule has 0 saturated carbocycles. The molecule has 0 amide bonds. The second-order valence-corrected chi connectivity index (χ2v) is 7.41. The van der Waals surface area contributed by atoms with Crippen LogP contribution in [0.1, 0.15) is 37.3 Å². The highest BCUT2D eigenvalue weighted by molar-refractivity contribution is 5.66. The van der Waals surface area contributed by atoms with E-state index < -0.39 is 0 Å². The number of nitrogens with zero attached hydrogens (tertiary/aromatic N) is 2. The molecule has 0 radical (unpaired) electrons. The fourth-order valence-corrected chi connectivity index (χ4v) is 3.19. The minimum absolute atomic E-state index is 0.277. The normalized spacial score (nSPS) is 12.2. The minimum atomic E-state index is -0.300. The van der Waals surface area contributed by atoms with Crippen molar-refractivity contribution in [2.24, 2.45) is 0 Å². The van der Waals surface area contributed by atoms with Gasteiger partial charge in [0.1, 0.15) is 5.82 Å². The summed E-state index contributed by atoms with van der Waals surface area (Å²) in [6, 6.07) is 13.2. The van der Waals surface area contributed by atoms with Gasteiger partial charge in [-0.3, -0.25) is 0 Å². The number of aliphatic hydroxyl groups is 1. The van der Waals surface area contributed by atoms with Gasteiger partial charge < -0.3 is 5.11 Å². The lowest BCUT2D eigenvalue weighted by Crippen LogP contribution is -1.97. The highest BCUT2D eigenvalue weighted by Gasteiger charge is 2.08. The number of benzene rings is 2. The number of aliphatic hydroxyl groups excluding tert-OH is 1. The molecule has 0 aliphatic rings. The number of hydrogen-bond acceptors (Lipinski definition) is 3. The maximum absolute atomic E-state index is 14.6. The standard InChI is InChI=1S/C26H27FN2O/c1-3-7-20-10-13-22(14-11-20)26-28-17-23(18-29-26)24-15-12-21(16-25(24)27)9-6-4-5-8-19(2)30/h3,6,9-19,30H,1,4-5,7-8H2,2H3/b9-6+. The molecule has 0 fully saturated rings. The molecule has 1 unspecified atom stereocenters. The summed E-state index contributed by atoms with van der Waals surface area (Å²) in [5, 5.41) is 9.27. The van der Waals surface area contributed by atoms with Crippen molar-refractivity contribution in [1.82, 2.24) is 9.97 Å². The van der Waals surface area contributed by atoms with Crippen LogP contribution >= 0.6 is 0 Å². The molecule has 3 rings (SSSR count). The first-order valence-corrected chi connectivity index (χ1v) is 10.2. The number of unbranched alkanes of at least 4 members (excludes halogenated alkanes) is 1. The van der Waals surface area contributed by atoms with Crippen molar-refractivity contribution >= 4 is 6.08 Å². The summed E-state index contributed by atoms with van der Waals surface area (Å²) in [5.74, 6) is 0.312. The van der Waals surface area contributed by atoms with Crippen LogP contribution in [0.5, 0.6) is 0 Å². The molecular formula is C26H27FN2O. The van der Waals surface area contributed by atoms with Gasteiger partial charge in [-0.1, -0.05) is 54.6 Å². The number of allylic oxidation sites excluding steroid dienone is 2. The van der Waals surface area contributed by atoms with Crippen LogP contribution in [0.15, 0.2) is 73.6 Å². The van der Waals surface area contributed by atoms with E-state index in [0.29, 0.717) is 17.0 Å². The molecule has 4 heteroatoms. The van der Waals surface area contributed by atoms with E-state index in [2.05, 4.69) is 16.5 Å². The topological polar surface area (TPSA) is 46.0 Å². The Labute approximate surface area is 177 Å². The zero-order chi connectivity index (χ0) is 21.3. The maximum Gasteiger partial charge on any atom is 0.159 e. The van der Waals surface area contributed by atoms with Crippen LogP contribution in [-0.2, 0) is 6.42 Å². The molecule has 1 N–H and O–H groups in total. The van der Waals surface area contributed by atoms with Gasteiger partial charge in [-0.15, -0.1) is 6.58 Å². The molecule has 30 heavy (non-hydrogen) atoms. The number of halogens is 1. The molecule has 3 nitrogen and oxygen atoms in total. The third-order valence-corrected chi connectivity index (χ3v) is 4.85. The smallest absolute Gasteiger partial charge is 0.159 e. The Balaban J connectivity index is 1.68. The predicted molar refractivity (Wildman–Crippen MR) is 121 cm³/mol. The lowest BCUT2D eigenvalue weighted by atomic mass is 10.0. The van der Waals surface area contributed by atoms with Gasteiger partial charge >= 0.3 is 0 Å². The molecule has 1 heterocycles. The largest absolute Gasteiger partial charge is 0.393 e. The highest BCUT2D eigenvalue weighted by Crippen LogP contribution is 2.25. The van der Waals surface area contributed by atoms with Crippen LogP contribution in [0.4, 0.5) is 4.39 Å². The summed E-state index contributed by atoms with van der Waals surface area (Å²) in [5.41, 5.74) is 4.04. The minimum Gasteiger partial charge on any atom is -0.393 e. The van der Waals surface area contributed by atoms with Crippen LogP contribution in [0, 0.1) is 5.82 Å². The Kier molecular flexibility index (Phi) is 7.63. The van der Waals surface area contributed by atoms with Crippen molar-refractivity contribution < 1.29 is 9.50 Å². The second kappa shape index (κ2) is 10.6. The summed E-state index contributed by atoms with van der Waals surface area (Å²) in [6.45, 7) is 5.53. The average molecular weight is 403 g/mol. The fraction of sp³-hybridized carbons (Fsp3) is 0.231. The van der Waals surface area contributed by atoms with E-state index in [9.17, 15) is 9.50 Å². The van der Waals surface area contributed by atoms with Crippen molar-refractivity contribution in [3.63, 3.8) is 0 Å². The van der Waals surface area contributed by atoms with Crippen molar-refractivity contribution in [2.45, 2.75) is 38.7 Å². The summed E-state index contributed by atoms with van der Waals surface area (Å²) in [6.07, 6.45) is 12.2. The first-order chi connectivity index (χ1) is 14.6. The molecule has 0 saturated heterocycles. The highest BCUT2D eigenvalue weighted by atomic mass is 19.1. The van der Waals surface area contributed by atoms with Gasteiger partial charge in [0.15, 0.2) is 5.82 Å². The lowest BCUT2D eigenvalue weighted by molar-refractivity contribution is 0.182. The van der Waals surface area contributed by atoms with Crippen molar-refractivity contribution in [1.29, 1.82) is 0 Å². The molecule has 0 bridgehead atoms. The quantitative estimate of drug-likeness (QED) is 0.340. The first-order valence-electron chi connectivity index (χ1n) is 10.2. The summed E-state index contributed by atoms with van der Waals surface area (Å²) >= 11 is 0. The van der Waals surface area contributed by atoms with E-state index in [1.54, 1.807) is 25.4 Å². The molecule has 0 spiro atoms. The Hall–Kier alpha value is -3.11. The molecule has 0 aliphatic carbocycles. The third-order valence-electron chi connectivity index (χ3n) is 4.85. The van der Waals surface area contributed by atoms with E-state index in [0.717, 1.165) is 36.8 Å². The van der Waals surface area contributed by atoms with Crippen LogP contribution < -0.4 is 0 Å². The van der Waals surface area contributed by atoms with E-state index in [-0.39, 0.29) is 11.9 Å². The Morgan fingerprint density at radius 2 is 1.80 bits per heavy atom. The predicted octanol–water partition coefficient (Wildman–Crippen LogP) is 6.24. The van der Waals surface area contributed by atoms with Gasteiger partial charge in [0, 0.05) is 29.1 Å². The summed E-state index contributed by atoms with van der Waals surface area (Å²) in [7, 11) is 0. The average Bonchev–Trinajstić information content (AvgIpc) is 2.74. The number of hydrogen-bond donors (Lipinski definition) is 1. The van der Waals surface area contributed by atoms with Gasteiger partial charge in [0.2, 0.25) is 0 Å². The molecule has 154 valence electrons. The molecule has 2 aromatic carbocycles. The van der Waals surface area contributed by atoms with Crippen molar-refractivity contribution in [2.75, 3.05) is 0 Å². The number of aromatic nitrogens is 2. The summed E-state index contributed by atoms with van der Waals surface area (Å²) in [4.78, 5) is 8.83. The van der Waals surface area contributed by atoms with Gasteiger partial charge in [0.25, 0.3) is 0 Å². The third kappa shape index (κ3) is 5.94. The Morgan fingerprint density at radius 3 is 2.43 bits per heavy atom. The zero-order valence-electron chi connectivity index (χ0n) is 17.3. The number of rotatable bonds is 9. The van der Waals surface area contributed by atoms with Crippen LogP contribution in [0.2, 0.25) is 0 Å². The molecular weight excluding hydrogens is 375 g/mol. The van der Waals surface area contributed by atoms with Crippen LogP contribution in [0.25, 0.3) is 28.6 Å². The Bertz CT molecular complexity index is 993. The van der Waals surface area contributed by atoms with Crippen molar-refractivity contribution in [3.8, 4) is 22.5 Å². The second-order valence-electron chi connectivity index (χ2n) is 7.41. The molecule has 3 aromatic rings. The van der Waals surface area contributed by atoms with E-state index in [1.165, 1.54) is 11.6 Å². The van der Waals surface area contributed by atoms with E-state index in [1.807, 2.05) is 48.6 Å². The molecule has 1 atom stereocenters. The summed E-state index contributed by atoms with van der Waals surface area (Å²) < 4.78 is 14.6. The maximum atomic E-state index is 14.6. The van der Waals surface area contributed by atoms with Crippen molar-refractivity contribution in [3.05, 3.63) is 90.5 Å². The lowest BCUT2D eigenvalue weighted by Gasteiger charge is -2.06. The zero-order valence-corrected chi connectivity index (χ0v) is 17.3. The first kappa shape index (κ1) is 21.6. The van der Waals surface area contributed by atoms with Gasteiger partial charge in [0.05, 0.1) is 6.10 Å². The van der Waals surface area contributed by atoms with E-state index >= 15 is 0 Å². The SMILES string of the molecule is C=CCc1ccc(-c2ncc(-c3ccc(/C=C/CCCC(C)O)cc3F)cn2)cc1. The van der Waals surface area contributed by atoms with Crippen LogP contribution in [0.3, 0.4) is 0 Å².